The van der Waals surface area contributed by atoms with Crippen LogP contribution in [0.2, 0.25) is 0 Å². The van der Waals surface area contributed by atoms with Gasteiger partial charge in [0.1, 0.15) is 11.6 Å². The third-order valence-corrected chi connectivity index (χ3v) is 9.21. The Labute approximate surface area is 255 Å². The number of methoxy groups -OCH3 is 1. The van der Waals surface area contributed by atoms with Gasteiger partial charge >= 0.3 is 5.97 Å². The van der Waals surface area contributed by atoms with Crippen molar-refractivity contribution in [1.29, 1.82) is 0 Å². The van der Waals surface area contributed by atoms with Gasteiger partial charge in [0, 0.05) is 61.7 Å². The molecule has 0 aromatic carbocycles. The molecule has 0 radical (unpaired) electrons. The standard InChI is InChI=1S/C33H46N6O4/c1-23-28-22-35-29(36-32(28)39(26-10-7-8-11-26)33(42)31(23)24(2)40)20-25-13-14-27(21-34-25)38-18-16-37(17-19-38)15-9-5-4-6-12-30(41)43-3/h13-14,21-22,26,33,42H,4-12,15-20H2,1-3H3. The van der Waals surface area contributed by atoms with E-state index in [9.17, 15) is 14.7 Å². The lowest BCUT2D eigenvalue weighted by atomic mass is 9.92. The zero-order chi connectivity index (χ0) is 30.3. The quantitative estimate of drug-likeness (QED) is 0.286. The van der Waals surface area contributed by atoms with Crippen LogP contribution in [0.25, 0.3) is 5.57 Å². The van der Waals surface area contributed by atoms with E-state index in [1.165, 1.54) is 14.0 Å². The van der Waals surface area contributed by atoms with Crippen molar-refractivity contribution in [2.75, 3.05) is 49.6 Å². The summed E-state index contributed by atoms with van der Waals surface area (Å²) in [5.41, 5.74) is 4.06. The molecule has 0 spiro atoms. The molecule has 232 valence electrons. The van der Waals surface area contributed by atoms with Crippen molar-refractivity contribution in [2.45, 2.75) is 90.3 Å². The van der Waals surface area contributed by atoms with Crippen molar-refractivity contribution in [3.8, 4) is 0 Å². The number of allylic oxidation sites excluding steroid dienone is 1. The van der Waals surface area contributed by atoms with E-state index < -0.39 is 6.23 Å². The maximum Gasteiger partial charge on any atom is 0.305 e. The Kier molecular flexibility index (Phi) is 10.4. The topological polar surface area (TPSA) is 112 Å². The number of aromatic nitrogens is 3. The molecule has 10 heteroatoms. The summed E-state index contributed by atoms with van der Waals surface area (Å²) in [7, 11) is 1.45. The van der Waals surface area contributed by atoms with Crippen molar-refractivity contribution in [1.82, 2.24) is 19.9 Å². The molecule has 1 unspecified atom stereocenters. The summed E-state index contributed by atoms with van der Waals surface area (Å²) in [5.74, 6) is 1.15. The highest BCUT2D eigenvalue weighted by molar-refractivity contribution is 6.04. The molecule has 2 fully saturated rings. The monoisotopic (exact) mass is 590 g/mol. The number of carbonyl (C=O) groups excluding carboxylic acids is 2. The van der Waals surface area contributed by atoms with Gasteiger partial charge in [-0.05, 0) is 63.8 Å². The van der Waals surface area contributed by atoms with Gasteiger partial charge in [-0.2, -0.15) is 0 Å². The van der Waals surface area contributed by atoms with E-state index in [4.69, 9.17) is 14.7 Å². The SMILES string of the molecule is COC(=O)CCCCCCN1CCN(c2ccc(Cc3ncc4c(n3)N(C3CCCC3)C(O)C(C(C)=O)=C4C)nc2)CC1. The maximum atomic E-state index is 12.4. The van der Waals surface area contributed by atoms with Gasteiger partial charge < -0.3 is 19.6 Å². The highest BCUT2D eigenvalue weighted by atomic mass is 16.5. The first-order chi connectivity index (χ1) is 20.9. The third-order valence-electron chi connectivity index (χ3n) is 9.21. The van der Waals surface area contributed by atoms with Crippen molar-refractivity contribution in [3.63, 3.8) is 0 Å². The first-order valence-corrected chi connectivity index (χ1v) is 15.9. The zero-order valence-electron chi connectivity index (χ0n) is 25.9. The number of ketones is 1. The van der Waals surface area contributed by atoms with E-state index in [1.54, 1.807) is 6.20 Å². The molecular weight excluding hydrogens is 544 g/mol. The predicted molar refractivity (Wildman–Crippen MR) is 167 cm³/mol. The van der Waals surface area contributed by atoms with Gasteiger partial charge in [-0.1, -0.05) is 25.7 Å². The van der Waals surface area contributed by atoms with Crippen LogP contribution in [0.4, 0.5) is 11.5 Å². The molecule has 2 aliphatic heterocycles. The minimum absolute atomic E-state index is 0.113. The van der Waals surface area contributed by atoms with Crippen LogP contribution in [0.1, 0.15) is 88.7 Å². The Morgan fingerprint density at radius 2 is 1.74 bits per heavy atom. The molecule has 0 bridgehead atoms. The van der Waals surface area contributed by atoms with E-state index in [0.29, 0.717) is 24.2 Å². The van der Waals surface area contributed by atoms with Gasteiger partial charge in [0.05, 0.1) is 25.4 Å². The Morgan fingerprint density at radius 1 is 1.00 bits per heavy atom. The molecule has 0 amide bonds. The predicted octanol–water partition coefficient (Wildman–Crippen LogP) is 4.15. The summed E-state index contributed by atoms with van der Waals surface area (Å²) >= 11 is 0. The number of fused-ring (bicyclic) bond motifs is 1. The number of ether oxygens (including phenoxy) is 1. The number of pyridine rings is 1. The zero-order valence-corrected chi connectivity index (χ0v) is 25.9. The van der Waals surface area contributed by atoms with Crippen LogP contribution in [0, 0.1) is 0 Å². The second-order valence-electron chi connectivity index (χ2n) is 12.1. The number of Topliss-reactive ketones (excluding diaryl/α,β-unsaturated/α-hetero) is 1. The molecule has 1 N–H and O–H groups in total. The summed E-state index contributed by atoms with van der Waals surface area (Å²) in [6.45, 7) is 8.53. The van der Waals surface area contributed by atoms with Crippen LogP contribution in [-0.2, 0) is 20.7 Å². The summed E-state index contributed by atoms with van der Waals surface area (Å²) < 4.78 is 4.70. The van der Waals surface area contributed by atoms with E-state index in [2.05, 4.69) is 26.9 Å². The summed E-state index contributed by atoms with van der Waals surface area (Å²) in [6, 6.07) is 4.36. The van der Waals surface area contributed by atoms with E-state index in [1.807, 2.05) is 18.0 Å². The third kappa shape index (κ3) is 7.41. The average Bonchev–Trinajstić information content (AvgIpc) is 3.54. The first-order valence-electron chi connectivity index (χ1n) is 15.9. The maximum absolute atomic E-state index is 12.4. The molecule has 2 aromatic heterocycles. The van der Waals surface area contributed by atoms with E-state index >= 15 is 0 Å². The van der Waals surface area contributed by atoms with E-state index in [0.717, 1.165) is 112 Å². The van der Waals surface area contributed by atoms with Gasteiger partial charge in [-0.25, -0.2) is 9.97 Å². The lowest BCUT2D eigenvalue weighted by molar-refractivity contribution is -0.140. The number of aliphatic hydroxyl groups is 1. The number of aliphatic hydroxyl groups excluding tert-OH is 1. The Balaban J connectivity index is 1.16. The van der Waals surface area contributed by atoms with Crippen LogP contribution in [0.15, 0.2) is 30.1 Å². The van der Waals surface area contributed by atoms with Crippen LogP contribution in [-0.4, -0.2) is 88.8 Å². The van der Waals surface area contributed by atoms with Crippen LogP contribution in [0.5, 0.6) is 0 Å². The molecular formula is C33H46N6O4. The van der Waals surface area contributed by atoms with Gasteiger partial charge in [0.15, 0.2) is 12.0 Å². The molecule has 1 aliphatic carbocycles. The average molecular weight is 591 g/mol. The summed E-state index contributed by atoms with van der Waals surface area (Å²) in [4.78, 5) is 44.9. The number of hydrogen-bond donors (Lipinski definition) is 1. The second-order valence-corrected chi connectivity index (χ2v) is 12.1. The van der Waals surface area contributed by atoms with Gasteiger partial charge in [0.2, 0.25) is 0 Å². The number of unbranched alkanes of at least 4 members (excludes halogenated alkanes) is 3. The van der Waals surface area contributed by atoms with Crippen LogP contribution >= 0.6 is 0 Å². The molecule has 5 rings (SSSR count). The lowest BCUT2D eigenvalue weighted by Crippen LogP contribution is -2.47. The fourth-order valence-corrected chi connectivity index (χ4v) is 6.71. The first kappa shape index (κ1) is 31.1. The number of esters is 1. The molecule has 10 nitrogen and oxygen atoms in total. The highest BCUT2D eigenvalue weighted by Gasteiger charge is 2.38. The molecule has 43 heavy (non-hydrogen) atoms. The number of nitrogens with zero attached hydrogens (tertiary/aromatic N) is 6. The Hall–Kier alpha value is -3.37. The second kappa shape index (κ2) is 14.4. The molecule has 1 saturated carbocycles. The number of carbonyl (C=O) groups is 2. The lowest BCUT2D eigenvalue weighted by Gasteiger charge is -2.40. The fourth-order valence-electron chi connectivity index (χ4n) is 6.71. The van der Waals surface area contributed by atoms with E-state index in [-0.39, 0.29) is 17.8 Å². The largest absolute Gasteiger partial charge is 0.469 e. The minimum Gasteiger partial charge on any atom is -0.469 e. The minimum atomic E-state index is -0.980. The summed E-state index contributed by atoms with van der Waals surface area (Å²) in [6.07, 6.45) is 12.3. The number of piperazine rings is 1. The number of hydrogen-bond acceptors (Lipinski definition) is 10. The fraction of sp³-hybridized carbons (Fsp3) is 0.606. The molecule has 1 saturated heterocycles. The number of rotatable bonds is 12. The Bertz CT molecular complexity index is 1300. The van der Waals surface area contributed by atoms with Crippen LogP contribution < -0.4 is 9.80 Å². The van der Waals surface area contributed by atoms with Crippen molar-refractivity contribution in [3.05, 3.63) is 47.2 Å². The molecule has 4 heterocycles. The van der Waals surface area contributed by atoms with Crippen LogP contribution in [0.3, 0.4) is 0 Å². The number of anilines is 2. The smallest absolute Gasteiger partial charge is 0.305 e. The van der Waals surface area contributed by atoms with Gasteiger partial charge in [0.25, 0.3) is 0 Å². The highest BCUT2D eigenvalue weighted by Crippen LogP contribution is 2.40. The van der Waals surface area contributed by atoms with Gasteiger partial charge in [-0.3, -0.25) is 19.5 Å². The van der Waals surface area contributed by atoms with Gasteiger partial charge in [-0.15, -0.1) is 0 Å². The van der Waals surface area contributed by atoms with Crippen molar-refractivity contribution in [2.24, 2.45) is 0 Å². The molecule has 2 aromatic rings. The van der Waals surface area contributed by atoms with Crippen molar-refractivity contribution >= 4 is 28.8 Å². The normalized spacial score (nSPS) is 19.6. The summed E-state index contributed by atoms with van der Waals surface area (Å²) in [5, 5.41) is 11.3. The molecule has 3 aliphatic rings. The van der Waals surface area contributed by atoms with Crippen molar-refractivity contribution < 1.29 is 19.4 Å². The molecule has 1 atom stereocenters. The Morgan fingerprint density at radius 3 is 2.42 bits per heavy atom.